The Morgan fingerprint density at radius 2 is 1.77 bits per heavy atom. The van der Waals surface area contributed by atoms with Gasteiger partial charge in [-0.2, -0.15) is 0 Å². The van der Waals surface area contributed by atoms with Crippen molar-refractivity contribution in [3.8, 4) is 0 Å². The molecule has 1 unspecified atom stereocenters. The largest absolute Gasteiger partial charge is 0.481 e. The van der Waals surface area contributed by atoms with Crippen LogP contribution in [-0.2, 0) is 9.68 Å². The topological polar surface area (TPSA) is 66.8 Å². The number of carboxylic acids is 1. The monoisotopic (exact) mass is 310 g/mol. The van der Waals surface area contributed by atoms with Crippen molar-refractivity contribution in [1.29, 1.82) is 0 Å². The minimum Gasteiger partial charge on any atom is -0.481 e. The first-order chi connectivity index (χ1) is 10.7. The van der Waals surface area contributed by atoms with E-state index in [0.29, 0.717) is 6.42 Å². The predicted octanol–water partition coefficient (Wildman–Crippen LogP) is 5.13. The number of hydrogen-bond acceptors (Lipinski definition) is 3. The fourth-order valence-electron chi connectivity index (χ4n) is 1.99. The number of carboxylic acid groups (broad SMARTS) is 1. The molecular weight excluding hydrogens is 280 g/mol. The summed E-state index contributed by atoms with van der Waals surface area (Å²) in [7, 11) is 0. The predicted molar refractivity (Wildman–Crippen MR) is 89.8 cm³/mol. The molecule has 4 nitrogen and oxygen atoms in total. The molecule has 0 heterocycles. The molecule has 0 fully saturated rings. The lowest BCUT2D eigenvalue weighted by Gasteiger charge is -2.03. The van der Waals surface area contributed by atoms with Crippen LogP contribution in [0.2, 0.25) is 0 Å². The summed E-state index contributed by atoms with van der Waals surface area (Å²) in [6, 6.07) is 0. The highest BCUT2D eigenvalue weighted by Crippen LogP contribution is 2.08. The van der Waals surface area contributed by atoms with Gasteiger partial charge in [0.15, 0.2) is 0 Å². The van der Waals surface area contributed by atoms with Crippen molar-refractivity contribution in [2.45, 2.75) is 70.8 Å². The van der Waals surface area contributed by atoms with Crippen LogP contribution in [0.3, 0.4) is 0 Å². The molecule has 2 N–H and O–H groups in total. The Morgan fingerprint density at radius 3 is 2.45 bits per heavy atom. The highest BCUT2D eigenvalue weighted by molar-refractivity contribution is 5.66. The molecule has 0 aliphatic rings. The second-order valence-electron chi connectivity index (χ2n) is 5.27. The summed E-state index contributed by atoms with van der Waals surface area (Å²) >= 11 is 0. The van der Waals surface area contributed by atoms with Crippen molar-refractivity contribution < 1.29 is 20.0 Å². The minimum atomic E-state index is -0.704. The first-order valence-corrected chi connectivity index (χ1v) is 8.21. The molecule has 0 amide bonds. The summed E-state index contributed by atoms with van der Waals surface area (Å²) < 4.78 is 0. The molecule has 0 aromatic heterocycles. The average Bonchev–Trinajstić information content (AvgIpc) is 2.50. The van der Waals surface area contributed by atoms with E-state index in [2.05, 4.69) is 17.9 Å². The summed E-state index contributed by atoms with van der Waals surface area (Å²) in [6.45, 7) is 2.07. The van der Waals surface area contributed by atoms with Crippen molar-refractivity contribution in [2.75, 3.05) is 0 Å². The maximum atomic E-state index is 10.3. The van der Waals surface area contributed by atoms with E-state index in [1.165, 1.54) is 0 Å². The summed E-state index contributed by atoms with van der Waals surface area (Å²) in [5.74, 6) is -0.704. The van der Waals surface area contributed by atoms with Gasteiger partial charge in [0.2, 0.25) is 0 Å². The standard InChI is InChI=1S/C18H30O4/c1-2-3-11-14-17(22-21)15-12-9-7-5-4-6-8-10-13-16-18(19)20/h3,7,9,11-12,15,17,21H,2,4-6,8,10,13-14,16H2,1H3,(H,19,20)/b9-7?,11-3?,15-12+. The van der Waals surface area contributed by atoms with Crippen LogP contribution < -0.4 is 0 Å². The molecular formula is C18H30O4. The molecule has 0 aliphatic heterocycles. The molecule has 0 aromatic rings. The van der Waals surface area contributed by atoms with Crippen LogP contribution in [0.25, 0.3) is 0 Å². The van der Waals surface area contributed by atoms with E-state index in [1.807, 2.05) is 30.4 Å². The van der Waals surface area contributed by atoms with Gasteiger partial charge in [-0.25, -0.2) is 4.89 Å². The van der Waals surface area contributed by atoms with Gasteiger partial charge in [-0.05, 0) is 32.1 Å². The molecule has 0 radical (unpaired) electrons. The fourth-order valence-corrected chi connectivity index (χ4v) is 1.99. The number of hydrogen-bond donors (Lipinski definition) is 2. The Morgan fingerprint density at radius 1 is 1.05 bits per heavy atom. The van der Waals surface area contributed by atoms with E-state index in [-0.39, 0.29) is 12.5 Å². The molecule has 0 spiro atoms. The lowest BCUT2D eigenvalue weighted by atomic mass is 10.1. The number of unbranched alkanes of at least 4 members (excludes halogenated alkanes) is 5. The quantitative estimate of drug-likeness (QED) is 0.153. The molecule has 1 atom stereocenters. The van der Waals surface area contributed by atoms with Gasteiger partial charge in [0.05, 0.1) is 0 Å². The van der Waals surface area contributed by atoms with Gasteiger partial charge in [0.25, 0.3) is 0 Å². The van der Waals surface area contributed by atoms with Crippen LogP contribution >= 0.6 is 0 Å². The van der Waals surface area contributed by atoms with Gasteiger partial charge in [-0.1, -0.05) is 62.6 Å². The van der Waals surface area contributed by atoms with Crippen molar-refractivity contribution in [2.24, 2.45) is 0 Å². The number of rotatable bonds is 14. The Balaban J connectivity index is 3.57. The van der Waals surface area contributed by atoms with Crippen molar-refractivity contribution in [3.05, 3.63) is 36.5 Å². The highest BCUT2D eigenvalue weighted by Gasteiger charge is 1.99. The number of carbonyl (C=O) groups is 1. The smallest absolute Gasteiger partial charge is 0.303 e. The van der Waals surface area contributed by atoms with Crippen LogP contribution in [0, 0.1) is 0 Å². The summed E-state index contributed by atoms with van der Waals surface area (Å²) in [6.07, 6.45) is 19.7. The van der Waals surface area contributed by atoms with E-state index in [9.17, 15) is 4.79 Å². The second kappa shape index (κ2) is 16.0. The van der Waals surface area contributed by atoms with Gasteiger partial charge in [-0.15, -0.1) is 0 Å². The van der Waals surface area contributed by atoms with Crippen molar-refractivity contribution in [3.63, 3.8) is 0 Å². The SMILES string of the molecule is CCC=CCC(/C=C/C=CCCCCCCCC(=O)O)OO. The zero-order valence-electron chi connectivity index (χ0n) is 13.6. The molecule has 0 aromatic carbocycles. The van der Waals surface area contributed by atoms with E-state index >= 15 is 0 Å². The first kappa shape index (κ1) is 20.6. The van der Waals surface area contributed by atoms with Gasteiger partial charge < -0.3 is 5.11 Å². The van der Waals surface area contributed by atoms with E-state index < -0.39 is 5.97 Å². The summed E-state index contributed by atoms with van der Waals surface area (Å²) in [5, 5.41) is 17.3. The van der Waals surface area contributed by atoms with Crippen LogP contribution in [0.5, 0.6) is 0 Å². The molecule has 0 saturated carbocycles. The normalized spacial score (nSPS) is 13.5. The van der Waals surface area contributed by atoms with Crippen LogP contribution in [0.4, 0.5) is 0 Å². The van der Waals surface area contributed by atoms with Gasteiger partial charge >= 0.3 is 5.97 Å². The Bertz CT molecular complexity index is 345. The van der Waals surface area contributed by atoms with Crippen molar-refractivity contribution >= 4 is 5.97 Å². The summed E-state index contributed by atoms with van der Waals surface area (Å²) in [5.41, 5.74) is 0. The minimum absolute atomic E-state index is 0.284. The van der Waals surface area contributed by atoms with E-state index in [1.54, 1.807) is 0 Å². The molecule has 22 heavy (non-hydrogen) atoms. The van der Waals surface area contributed by atoms with Gasteiger partial charge in [-0.3, -0.25) is 10.1 Å². The third kappa shape index (κ3) is 15.0. The second-order valence-corrected chi connectivity index (χ2v) is 5.27. The lowest BCUT2D eigenvalue weighted by Crippen LogP contribution is -2.04. The molecule has 4 heteroatoms. The third-order valence-electron chi connectivity index (χ3n) is 3.24. The van der Waals surface area contributed by atoms with Crippen molar-refractivity contribution in [1.82, 2.24) is 0 Å². The zero-order valence-corrected chi connectivity index (χ0v) is 13.6. The fraction of sp³-hybridized carbons (Fsp3) is 0.611. The maximum Gasteiger partial charge on any atom is 0.303 e. The average molecular weight is 310 g/mol. The maximum absolute atomic E-state index is 10.3. The van der Waals surface area contributed by atoms with E-state index in [0.717, 1.165) is 44.9 Å². The number of aliphatic carboxylic acids is 1. The summed E-state index contributed by atoms with van der Waals surface area (Å²) in [4.78, 5) is 14.7. The lowest BCUT2D eigenvalue weighted by molar-refractivity contribution is -0.264. The Kier molecular flexibility index (Phi) is 15.0. The Hall–Kier alpha value is -1.39. The van der Waals surface area contributed by atoms with Crippen LogP contribution in [0.1, 0.15) is 64.7 Å². The third-order valence-corrected chi connectivity index (χ3v) is 3.24. The van der Waals surface area contributed by atoms with E-state index in [4.69, 9.17) is 10.4 Å². The number of allylic oxidation sites excluding steroid dienone is 4. The van der Waals surface area contributed by atoms with Gasteiger partial charge in [0.1, 0.15) is 6.10 Å². The van der Waals surface area contributed by atoms with Gasteiger partial charge in [0, 0.05) is 6.42 Å². The highest BCUT2D eigenvalue weighted by atomic mass is 17.1. The molecule has 0 aliphatic carbocycles. The van der Waals surface area contributed by atoms with Crippen LogP contribution in [0.15, 0.2) is 36.5 Å². The zero-order chi connectivity index (χ0) is 16.5. The molecule has 126 valence electrons. The first-order valence-electron chi connectivity index (χ1n) is 8.21. The Labute approximate surface area is 134 Å². The van der Waals surface area contributed by atoms with Crippen LogP contribution in [-0.4, -0.2) is 22.4 Å². The molecule has 0 rings (SSSR count). The molecule has 0 saturated heterocycles. The molecule has 0 bridgehead atoms.